The number of carboxylic acid groups (broad SMARTS) is 1. The molecule has 7 N–H and O–H groups in total. The number of pyridine rings is 4. The number of fused-ring (bicyclic) bond motifs is 19. The summed E-state index contributed by atoms with van der Waals surface area (Å²) in [4.78, 5) is 160. The van der Waals surface area contributed by atoms with Crippen LogP contribution in [0.5, 0.6) is 5.75 Å². The van der Waals surface area contributed by atoms with E-state index in [4.69, 9.17) is 74.4 Å². The summed E-state index contributed by atoms with van der Waals surface area (Å²) in [5.41, 5.74) is 30.1. The Bertz CT molecular complexity index is 7820. The molecular weight excluding hydrogens is 1940 g/mol. The number of aromatic nitrogens is 6. The maximum atomic E-state index is 15.2. The molecular formula is C95H70Cl2N8O15Re2-6. The van der Waals surface area contributed by atoms with E-state index in [2.05, 4.69) is 141 Å². The first kappa shape index (κ1) is 91.1. The predicted molar refractivity (Wildman–Crippen MR) is 484 cm³/mol. The average Bonchev–Trinajstić information content (AvgIpc) is 0.640. The molecule has 0 saturated heterocycles. The number of Topliss-reactive ketones (excluding diaryl/α,β-unsaturated/α-hetero) is 1. The van der Waals surface area contributed by atoms with Crippen molar-refractivity contribution in [2.24, 2.45) is 0 Å². The minimum absolute atomic E-state index is 0.0540. The molecule has 614 valence electrons. The normalized spacial score (nSPS) is 11.4. The molecule has 1 aliphatic carbocycles. The van der Waals surface area contributed by atoms with Gasteiger partial charge in [0.25, 0.3) is 0 Å². The summed E-state index contributed by atoms with van der Waals surface area (Å²) < 4.78 is 0. The molecule has 0 spiro atoms. The number of ketones is 1. The molecule has 122 heavy (non-hydrogen) atoms. The van der Waals surface area contributed by atoms with E-state index < -0.39 is 33.6 Å². The van der Waals surface area contributed by atoms with Crippen LogP contribution in [0, 0.1) is 62.3 Å². The number of carbonyl (C=O) groups is 2. The number of nitrogens with two attached hydrogens (primary N) is 2. The zero-order chi connectivity index (χ0) is 90.3. The Labute approximate surface area is 723 Å². The average molecular weight is 2010 g/mol. The second kappa shape index (κ2) is 36.4. The van der Waals surface area contributed by atoms with Crippen LogP contribution in [0.1, 0.15) is 97.1 Å². The van der Waals surface area contributed by atoms with Crippen molar-refractivity contribution in [2.45, 2.75) is 83.1 Å². The number of rotatable bonds is 1. The molecule has 0 amide bonds. The van der Waals surface area contributed by atoms with E-state index >= 15 is 9.59 Å². The van der Waals surface area contributed by atoms with Crippen molar-refractivity contribution >= 4 is 273 Å². The number of aryl methyl sites for hydroxylation is 6. The van der Waals surface area contributed by atoms with Crippen LogP contribution in [0.3, 0.4) is 0 Å². The SMILES string of the molecule is CC1=C(C)c2c3c(cc4c(C(=O)O)c(O)cc5c6c(=O)c(=O)c7c8cc9c(=O)ccc(=O)c9cc8c8c9cc(C)c(C)c(C)c9c9c(C)c(C)c2c2c9c8c7c6c2c3c45)C1=O.CCO.Cc1c(C)c(C)c2nc3c4cccnc4c4ncccc4c3nc2c1C.Nc1c(N)c2cccnc2c2ncccc12.[CH-]=O.[CH-]=O.[CH-]=O.[CH-]=O.[CH-]=O.[CH-]=O.[Cl][Re].[Cl][Re]. The van der Waals surface area contributed by atoms with Crippen molar-refractivity contribution < 1.29 is 90.0 Å². The van der Waals surface area contributed by atoms with Gasteiger partial charge in [0.1, 0.15) is 11.3 Å². The summed E-state index contributed by atoms with van der Waals surface area (Å²) in [6, 6.07) is 26.3. The zero-order valence-electron chi connectivity index (χ0n) is 67.2. The molecule has 23 nitrogen and oxygen atoms in total. The van der Waals surface area contributed by atoms with Crippen molar-refractivity contribution in [2.75, 3.05) is 18.1 Å². The molecule has 15 aromatic carbocycles. The van der Waals surface area contributed by atoms with Crippen LogP contribution in [0.4, 0.5) is 11.4 Å². The summed E-state index contributed by atoms with van der Waals surface area (Å²) in [7, 11) is 9.39. The first-order valence-electron chi connectivity index (χ1n) is 36.7. The van der Waals surface area contributed by atoms with Crippen LogP contribution in [-0.4, -0.2) is 104 Å². The van der Waals surface area contributed by atoms with E-state index in [1.807, 2.05) is 43.3 Å². The summed E-state index contributed by atoms with van der Waals surface area (Å²) in [5.74, 6) is -2.26. The number of phenols is 1. The number of aliphatic hydroxyl groups is 1. The number of carboxylic acids is 1. The molecule has 21 rings (SSSR count). The first-order chi connectivity index (χ1) is 58.8. The van der Waals surface area contributed by atoms with Gasteiger partial charge in [-0.2, -0.15) is 0 Å². The fourth-order valence-electron chi connectivity index (χ4n) is 17.8. The van der Waals surface area contributed by atoms with Crippen LogP contribution in [0.2, 0.25) is 0 Å². The van der Waals surface area contributed by atoms with Crippen molar-refractivity contribution in [3.63, 3.8) is 0 Å². The quantitative estimate of drug-likeness (QED) is 0.0194. The fourth-order valence-corrected chi connectivity index (χ4v) is 17.8. The number of benzene rings is 15. The van der Waals surface area contributed by atoms with E-state index in [1.165, 1.54) is 76.8 Å². The number of allylic oxidation sites excluding steroid dienone is 2. The second-order valence-electron chi connectivity index (χ2n) is 28.4. The minimum atomic E-state index is -1.40. The summed E-state index contributed by atoms with van der Waals surface area (Å²) in [6.07, 6.45) is 7.07. The molecule has 0 saturated carbocycles. The molecule has 27 heteroatoms. The molecule has 0 atom stereocenters. The Hall–Kier alpha value is -13.2. The molecule has 20 aromatic rings. The molecule has 1 aliphatic rings. The van der Waals surface area contributed by atoms with Gasteiger partial charge in [0.05, 0.1) is 55.5 Å². The number of nitrogens with zero attached hydrogens (tertiary/aromatic N) is 6. The van der Waals surface area contributed by atoms with Crippen LogP contribution in [0.25, 0.3) is 190 Å². The van der Waals surface area contributed by atoms with E-state index in [9.17, 15) is 29.4 Å². The fraction of sp³-hybridized carbons (Fsp3) is 0.137. The number of nitrogen functional groups attached to an aromatic ring is 2. The molecule has 0 unspecified atom stereocenters. The third-order valence-corrected chi connectivity index (χ3v) is 23.5. The van der Waals surface area contributed by atoms with Crippen molar-refractivity contribution in [3.05, 3.63) is 229 Å². The molecule has 0 bridgehead atoms. The monoisotopic (exact) mass is 2010 g/mol. The van der Waals surface area contributed by atoms with E-state index in [0.29, 0.717) is 65.6 Å². The van der Waals surface area contributed by atoms with Crippen LogP contribution in [0.15, 0.2) is 141 Å². The van der Waals surface area contributed by atoms with Crippen molar-refractivity contribution in [1.82, 2.24) is 29.9 Å². The van der Waals surface area contributed by atoms with E-state index in [1.54, 1.807) is 56.8 Å². The topological polar surface area (TPSA) is 395 Å². The van der Waals surface area contributed by atoms with Gasteiger partial charge in [-0.1, -0.05) is 6.07 Å². The molecule has 5 aromatic heterocycles. The first-order valence-corrected chi connectivity index (χ1v) is 43.4. The van der Waals surface area contributed by atoms with Crippen LogP contribution < -0.4 is 33.2 Å². The number of aliphatic hydroxyl groups excluding tert-OH is 1. The standard InChI is InChI=1S/C53H30O8.C22H18N4.C12H10N4.C2H6O.6CHO.2ClH.2Re/c1-15-10-26-33(17(3)16(15)2)34-18(4)19(5)36-35-20(6)21(7)50(57)29-13-27-38-28(14-32(56)39(27)53(60)61)42-48-47-41(51(58)52(42)59)25-12-23-22(30(54)8-9-31(23)55)11-24(25)37(26)46(47)43(34)44(36)49(48)45(38)40(29)35;1-11-12(2)14(4)18-17(13(11)3)25-21-15-7-5-9-23-19(15)20-16(22(21)26-18)8-6-10-24-20;13-9-7-3-1-5-15-11(7)12-8(10(9)14)4-2-6-16-12;1-2-3;6*1-2;;;;/h8-14,56H,1-7H3,(H,60,61);5-10H,1-4H3;1-6H,13-14H2;3H,2H2,1H3;6*1H;2*1H;;/q;;;;6*-1;;;2*+1/p-2. The number of aromatic hydroxyl groups is 1. The third-order valence-electron chi connectivity index (χ3n) is 23.5. The van der Waals surface area contributed by atoms with Gasteiger partial charge in [-0.25, -0.2) is 14.8 Å². The third kappa shape index (κ3) is 13.3. The van der Waals surface area contributed by atoms with Crippen LogP contribution >= 0.6 is 19.1 Å². The molecule has 0 aliphatic heterocycles. The number of halogens is 2. The van der Waals surface area contributed by atoms with Gasteiger partial charge in [-0.3, -0.25) is 84.6 Å². The van der Waals surface area contributed by atoms with Gasteiger partial charge in [-0.15, -0.1) is 0 Å². The number of carbonyl (C=O) groups excluding carboxylic acids is 7. The molecule has 0 radical (unpaired) electrons. The Morgan fingerprint density at radius 3 is 1.15 bits per heavy atom. The number of anilines is 2. The van der Waals surface area contributed by atoms with Gasteiger partial charge in [0, 0.05) is 123 Å². The zero-order valence-corrected chi connectivity index (χ0v) is 74.2. The Balaban J connectivity index is 0.000000210. The Kier molecular flexibility index (Phi) is 27.2. The number of hydrogen-bond acceptors (Lipinski definition) is 22. The van der Waals surface area contributed by atoms with Crippen molar-refractivity contribution in [1.29, 1.82) is 0 Å². The summed E-state index contributed by atoms with van der Waals surface area (Å²) in [6.45, 7) is 44.2. The summed E-state index contributed by atoms with van der Waals surface area (Å²) in [5, 5.41) is 45.5. The Morgan fingerprint density at radius 1 is 0.361 bits per heavy atom. The molecule has 0 fully saturated rings. The van der Waals surface area contributed by atoms with Crippen molar-refractivity contribution in [3.8, 4) is 5.75 Å². The maximum absolute atomic E-state index is 15.2. The van der Waals surface area contributed by atoms with E-state index in [0.717, 1.165) is 148 Å². The molecule has 5 heterocycles. The summed E-state index contributed by atoms with van der Waals surface area (Å²) >= 11 is 2.39. The number of hydrogen-bond donors (Lipinski definition) is 5. The van der Waals surface area contributed by atoms with E-state index in [-0.39, 0.29) is 50.1 Å². The number of aromatic carboxylic acids is 1. The van der Waals surface area contributed by atoms with Gasteiger partial charge in [-0.05, 0) is 288 Å². The Morgan fingerprint density at radius 2 is 0.705 bits per heavy atom. The van der Waals surface area contributed by atoms with Gasteiger partial charge >= 0.3 is 61.4 Å². The van der Waals surface area contributed by atoms with Crippen LogP contribution in [-0.2, 0) is 65.1 Å². The van der Waals surface area contributed by atoms with Gasteiger partial charge in [0.15, 0.2) is 16.6 Å². The van der Waals surface area contributed by atoms with Gasteiger partial charge in [0.2, 0.25) is 10.9 Å². The predicted octanol–water partition coefficient (Wildman–Crippen LogP) is 17.2. The second-order valence-corrected chi connectivity index (χ2v) is 28.4. The van der Waals surface area contributed by atoms with Gasteiger partial charge < -0.3 is 55.6 Å².